The largest absolute Gasteiger partial charge is 0.378 e. The summed E-state index contributed by atoms with van der Waals surface area (Å²) in [5.41, 5.74) is 0.571. The highest BCUT2D eigenvalue weighted by Gasteiger charge is 2.42. The van der Waals surface area contributed by atoms with Gasteiger partial charge in [-0.15, -0.1) is 0 Å². The second-order valence-corrected chi connectivity index (χ2v) is 10.5. The minimum absolute atomic E-state index is 0.115. The first-order valence-corrected chi connectivity index (χ1v) is 11.5. The predicted octanol–water partition coefficient (Wildman–Crippen LogP) is 5.15. The molecule has 0 unspecified atom stereocenters. The van der Waals surface area contributed by atoms with Gasteiger partial charge in [-0.05, 0) is 60.4 Å². The van der Waals surface area contributed by atoms with Crippen LogP contribution in [0, 0.1) is 17.8 Å². The monoisotopic (exact) mass is 387 g/mol. The van der Waals surface area contributed by atoms with Crippen molar-refractivity contribution in [2.45, 2.75) is 52.0 Å². The summed E-state index contributed by atoms with van der Waals surface area (Å²) in [7, 11) is -3.53. The first kappa shape index (κ1) is 20.3. The van der Waals surface area contributed by atoms with Gasteiger partial charge in [0.15, 0.2) is 5.85 Å². The van der Waals surface area contributed by atoms with Crippen molar-refractivity contribution in [2.24, 2.45) is 17.8 Å². The smallest absolute Gasteiger partial charge is 0.264 e. The Morgan fingerprint density at radius 1 is 1.11 bits per heavy atom. The summed E-state index contributed by atoms with van der Waals surface area (Å²) >= 11 is 0. The van der Waals surface area contributed by atoms with Gasteiger partial charge in [-0.1, -0.05) is 45.4 Å². The summed E-state index contributed by atoms with van der Waals surface area (Å²) in [5.74, 6) is 0.132. The van der Waals surface area contributed by atoms with Crippen LogP contribution in [-0.2, 0) is 9.09 Å². The molecule has 1 aliphatic rings. The molecule has 146 valence electrons. The Hall–Kier alpha value is -1.48. The van der Waals surface area contributed by atoms with Crippen molar-refractivity contribution in [1.29, 1.82) is 0 Å². The molecule has 3 rings (SSSR count). The number of aromatic nitrogens is 1. The summed E-state index contributed by atoms with van der Waals surface area (Å²) in [4.78, 5) is 4.00. The Labute approximate surface area is 162 Å². The normalized spacial score (nSPS) is 26.5. The van der Waals surface area contributed by atoms with Gasteiger partial charge in [-0.3, -0.25) is 9.55 Å². The van der Waals surface area contributed by atoms with E-state index < -0.39 is 13.2 Å². The third-order valence-corrected chi connectivity index (χ3v) is 8.24. The second-order valence-electron chi connectivity index (χ2n) is 8.06. The predicted molar refractivity (Wildman–Crippen MR) is 109 cm³/mol. The maximum atomic E-state index is 14.2. The van der Waals surface area contributed by atoms with Crippen LogP contribution in [0.15, 0.2) is 54.9 Å². The number of aliphatic hydroxyl groups excluding tert-OH is 1. The quantitative estimate of drug-likeness (QED) is 0.696. The van der Waals surface area contributed by atoms with E-state index in [-0.39, 0.29) is 6.10 Å². The van der Waals surface area contributed by atoms with Gasteiger partial charge in [0.25, 0.3) is 7.37 Å². The van der Waals surface area contributed by atoms with E-state index in [4.69, 9.17) is 4.52 Å². The molecule has 0 aliphatic heterocycles. The van der Waals surface area contributed by atoms with Gasteiger partial charge in [0.1, 0.15) is 0 Å². The average molecular weight is 387 g/mol. The third kappa shape index (κ3) is 4.51. The van der Waals surface area contributed by atoms with E-state index in [2.05, 4.69) is 25.8 Å². The Bertz CT molecular complexity index is 766. The van der Waals surface area contributed by atoms with E-state index >= 15 is 0 Å². The van der Waals surface area contributed by atoms with Crippen molar-refractivity contribution in [3.05, 3.63) is 60.4 Å². The number of rotatable bonds is 6. The summed E-state index contributed by atoms with van der Waals surface area (Å²) in [6.07, 6.45) is 6.22. The van der Waals surface area contributed by atoms with Crippen LogP contribution in [-0.4, -0.2) is 16.2 Å². The van der Waals surface area contributed by atoms with Crippen LogP contribution in [0.2, 0.25) is 0 Å². The number of hydrogen-bond donors (Lipinski definition) is 1. The number of hydrogen-bond acceptors (Lipinski definition) is 4. The van der Waals surface area contributed by atoms with E-state index in [1.807, 2.05) is 18.2 Å². The Kier molecular flexibility index (Phi) is 6.52. The van der Waals surface area contributed by atoms with E-state index in [0.717, 1.165) is 12.8 Å². The van der Waals surface area contributed by atoms with Gasteiger partial charge < -0.3 is 9.63 Å². The summed E-state index contributed by atoms with van der Waals surface area (Å²) in [6.45, 7) is 6.62. The highest BCUT2D eigenvalue weighted by molar-refractivity contribution is 7.67. The minimum atomic E-state index is -3.53. The molecule has 4 nitrogen and oxygen atoms in total. The average Bonchev–Trinajstić information content (AvgIpc) is 2.68. The van der Waals surface area contributed by atoms with Gasteiger partial charge in [-0.25, -0.2) is 0 Å². The molecule has 0 spiro atoms. The lowest BCUT2D eigenvalue weighted by Crippen LogP contribution is -2.35. The molecule has 5 atom stereocenters. The molecule has 5 heteroatoms. The van der Waals surface area contributed by atoms with E-state index in [1.54, 1.807) is 36.7 Å². The SMILES string of the molecule is CC(C)[C@H]1CC[C@@H](C)C[C@H]1O[P@](=O)(c1ccccc1)[C@H](O)c1ccncc1. The fourth-order valence-electron chi connectivity index (χ4n) is 4.06. The lowest BCUT2D eigenvalue weighted by atomic mass is 9.75. The van der Waals surface area contributed by atoms with Crippen molar-refractivity contribution in [1.82, 2.24) is 4.98 Å². The molecule has 1 saturated carbocycles. The molecule has 0 amide bonds. The fourth-order valence-corrected chi connectivity index (χ4v) is 6.38. The van der Waals surface area contributed by atoms with E-state index in [9.17, 15) is 9.67 Å². The third-order valence-electron chi connectivity index (χ3n) is 5.70. The number of aliphatic hydroxyl groups is 1. The molecule has 1 aromatic heterocycles. The van der Waals surface area contributed by atoms with E-state index in [0.29, 0.717) is 28.6 Å². The maximum Gasteiger partial charge on any atom is 0.264 e. The van der Waals surface area contributed by atoms with Crippen LogP contribution in [0.3, 0.4) is 0 Å². The summed E-state index contributed by atoms with van der Waals surface area (Å²) < 4.78 is 20.6. The number of nitrogens with zero attached hydrogens (tertiary/aromatic N) is 1. The molecular weight excluding hydrogens is 357 g/mol. The van der Waals surface area contributed by atoms with Gasteiger partial charge in [-0.2, -0.15) is 0 Å². The lowest BCUT2D eigenvalue weighted by Gasteiger charge is -2.39. The van der Waals surface area contributed by atoms with Crippen LogP contribution in [0.5, 0.6) is 0 Å². The second kappa shape index (κ2) is 8.68. The van der Waals surface area contributed by atoms with Crippen LogP contribution >= 0.6 is 7.37 Å². The maximum absolute atomic E-state index is 14.2. The molecule has 0 radical (unpaired) electrons. The van der Waals surface area contributed by atoms with Crippen molar-refractivity contribution in [3.63, 3.8) is 0 Å². The summed E-state index contributed by atoms with van der Waals surface area (Å²) in [5, 5.41) is 11.7. The number of pyridine rings is 1. The molecule has 1 aliphatic carbocycles. The highest BCUT2D eigenvalue weighted by atomic mass is 31.2. The standard InChI is InChI=1S/C22H30NO3P/c1-16(2)20-10-9-17(3)15-21(20)26-27(25,19-7-5-4-6-8-19)22(24)18-11-13-23-14-12-18/h4-8,11-14,16-17,20-22,24H,9-10,15H2,1-3H3/t17-,20-,21-,22+,27-/m1/s1. The van der Waals surface area contributed by atoms with Crippen LogP contribution in [0.4, 0.5) is 0 Å². The topological polar surface area (TPSA) is 59.4 Å². The molecule has 1 aromatic carbocycles. The van der Waals surface area contributed by atoms with Gasteiger partial charge in [0.05, 0.1) is 6.10 Å². The first-order valence-electron chi connectivity index (χ1n) is 9.83. The lowest BCUT2D eigenvalue weighted by molar-refractivity contribution is 0.0427. The zero-order valence-electron chi connectivity index (χ0n) is 16.4. The van der Waals surface area contributed by atoms with Crippen LogP contribution in [0.25, 0.3) is 0 Å². The Morgan fingerprint density at radius 3 is 2.41 bits per heavy atom. The molecular formula is C22H30NO3P. The van der Waals surface area contributed by atoms with Crippen molar-refractivity contribution in [2.75, 3.05) is 0 Å². The van der Waals surface area contributed by atoms with Crippen molar-refractivity contribution >= 4 is 12.7 Å². The molecule has 27 heavy (non-hydrogen) atoms. The van der Waals surface area contributed by atoms with Crippen LogP contribution < -0.4 is 5.30 Å². The highest BCUT2D eigenvalue weighted by Crippen LogP contribution is 2.60. The van der Waals surface area contributed by atoms with Crippen molar-refractivity contribution in [3.8, 4) is 0 Å². The Balaban J connectivity index is 1.98. The Morgan fingerprint density at radius 2 is 1.78 bits per heavy atom. The molecule has 2 aromatic rings. The van der Waals surface area contributed by atoms with E-state index in [1.165, 1.54) is 6.42 Å². The van der Waals surface area contributed by atoms with Crippen LogP contribution in [0.1, 0.15) is 51.4 Å². The van der Waals surface area contributed by atoms with Gasteiger partial charge in [0, 0.05) is 17.7 Å². The first-order chi connectivity index (χ1) is 12.9. The summed E-state index contributed by atoms with van der Waals surface area (Å²) in [6, 6.07) is 12.6. The molecule has 0 saturated heterocycles. The molecule has 1 fully saturated rings. The van der Waals surface area contributed by atoms with Gasteiger partial charge >= 0.3 is 0 Å². The molecule has 1 N–H and O–H groups in total. The molecule has 1 heterocycles. The minimum Gasteiger partial charge on any atom is -0.378 e. The fraction of sp³-hybridized carbons (Fsp3) is 0.500. The number of benzene rings is 1. The molecule has 0 bridgehead atoms. The van der Waals surface area contributed by atoms with Crippen molar-refractivity contribution < 1.29 is 14.2 Å². The zero-order valence-corrected chi connectivity index (χ0v) is 17.3. The van der Waals surface area contributed by atoms with Gasteiger partial charge in [0.2, 0.25) is 0 Å². The zero-order chi connectivity index (χ0) is 19.4.